The predicted octanol–water partition coefficient (Wildman–Crippen LogP) is 0.794. The zero-order chi connectivity index (χ0) is 11.6. The molecule has 0 heterocycles. The molecule has 4 N–H and O–H groups in total. The number of hydrogen-bond donors (Lipinski definition) is 3. The van der Waals surface area contributed by atoms with E-state index in [1.807, 2.05) is 0 Å². The molecule has 5 nitrogen and oxygen atoms in total. The second-order valence-corrected chi connectivity index (χ2v) is 3.19. The number of carboxylic acids is 1. The van der Waals surface area contributed by atoms with Crippen LogP contribution in [-0.2, 0) is 4.79 Å². The van der Waals surface area contributed by atoms with E-state index in [4.69, 9.17) is 15.6 Å². The van der Waals surface area contributed by atoms with Gasteiger partial charge >= 0.3 is 5.97 Å². The summed E-state index contributed by atoms with van der Waals surface area (Å²) >= 11 is 0. The maximum absolute atomic E-state index is 10.8. The lowest BCUT2D eigenvalue weighted by Crippen LogP contribution is -2.22. The average molecular weight is 211 g/mol. The van der Waals surface area contributed by atoms with Gasteiger partial charge in [-0.05, 0) is 18.6 Å². The summed E-state index contributed by atoms with van der Waals surface area (Å²) in [5.41, 5.74) is 6.47. The van der Waals surface area contributed by atoms with Crippen LogP contribution in [0.4, 0.5) is 0 Å². The number of carboxylic acid groups (broad SMARTS) is 1. The fraction of sp³-hybridized carbons (Fsp3) is 0.300. The summed E-state index contributed by atoms with van der Waals surface area (Å²) < 4.78 is 4.97. The molecule has 1 aromatic rings. The second-order valence-electron chi connectivity index (χ2n) is 3.19. The molecular weight excluding hydrogens is 198 g/mol. The Labute approximate surface area is 87.1 Å². The van der Waals surface area contributed by atoms with Crippen LogP contribution in [0.25, 0.3) is 0 Å². The molecule has 0 amide bonds. The quantitative estimate of drug-likeness (QED) is 0.687. The minimum atomic E-state index is -1.15. The fourth-order valence-corrected chi connectivity index (χ4v) is 1.44. The standard InChI is InChI=1S/C10H13NO4/c1-5-3-6(12)4-7(15-2)8(5)9(11)10(13)14/h3-4,9,12H,11H2,1-2H3,(H,13,14). The van der Waals surface area contributed by atoms with Gasteiger partial charge in [0.2, 0.25) is 0 Å². The van der Waals surface area contributed by atoms with Gasteiger partial charge in [0, 0.05) is 11.6 Å². The van der Waals surface area contributed by atoms with Crippen molar-refractivity contribution in [1.82, 2.24) is 0 Å². The highest BCUT2D eigenvalue weighted by atomic mass is 16.5. The van der Waals surface area contributed by atoms with Crippen LogP contribution in [0.15, 0.2) is 12.1 Å². The minimum Gasteiger partial charge on any atom is -0.508 e. The smallest absolute Gasteiger partial charge is 0.325 e. The normalized spacial score (nSPS) is 12.2. The Morgan fingerprint density at radius 2 is 2.13 bits per heavy atom. The van der Waals surface area contributed by atoms with Crippen molar-refractivity contribution in [3.8, 4) is 11.5 Å². The summed E-state index contributed by atoms with van der Waals surface area (Å²) in [5, 5.41) is 18.1. The zero-order valence-electron chi connectivity index (χ0n) is 8.52. The number of carbonyl (C=O) groups is 1. The van der Waals surface area contributed by atoms with Crippen molar-refractivity contribution < 1.29 is 19.7 Å². The average Bonchev–Trinajstić information content (AvgIpc) is 2.15. The molecule has 0 aliphatic heterocycles. The van der Waals surface area contributed by atoms with Crippen LogP contribution in [0.2, 0.25) is 0 Å². The van der Waals surface area contributed by atoms with Crippen LogP contribution in [-0.4, -0.2) is 23.3 Å². The molecule has 1 unspecified atom stereocenters. The third-order valence-electron chi connectivity index (χ3n) is 2.13. The van der Waals surface area contributed by atoms with Crippen LogP contribution in [0.5, 0.6) is 11.5 Å². The van der Waals surface area contributed by atoms with E-state index in [1.54, 1.807) is 6.92 Å². The maximum atomic E-state index is 10.8. The van der Waals surface area contributed by atoms with E-state index in [0.717, 1.165) is 0 Å². The zero-order valence-corrected chi connectivity index (χ0v) is 8.52. The summed E-state index contributed by atoms with van der Waals surface area (Å²) in [4.78, 5) is 10.8. The van der Waals surface area contributed by atoms with Gasteiger partial charge in [-0.3, -0.25) is 4.79 Å². The Balaban J connectivity index is 3.32. The molecule has 0 bridgehead atoms. The largest absolute Gasteiger partial charge is 0.508 e. The number of ether oxygens (including phenoxy) is 1. The fourth-order valence-electron chi connectivity index (χ4n) is 1.44. The third-order valence-corrected chi connectivity index (χ3v) is 2.13. The molecule has 0 aliphatic carbocycles. The highest BCUT2D eigenvalue weighted by Gasteiger charge is 2.21. The van der Waals surface area contributed by atoms with Gasteiger partial charge in [-0.15, -0.1) is 0 Å². The lowest BCUT2D eigenvalue weighted by molar-refractivity contribution is -0.138. The number of aryl methyl sites for hydroxylation is 1. The van der Waals surface area contributed by atoms with E-state index >= 15 is 0 Å². The summed E-state index contributed by atoms with van der Waals surface area (Å²) in [6.45, 7) is 1.67. The Hall–Kier alpha value is -1.75. The predicted molar refractivity (Wildman–Crippen MR) is 54.0 cm³/mol. The van der Waals surface area contributed by atoms with E-state index in [9.17, 15) is 9.90 Å². The van der Waals surface area contributed by atoms with E-state index < -0.39 is 12.0 Å². The molecule has 0 fully saturated rings. The summed E-state index contributed by atoms with van der Waals surface area (Å²) in [6.07, 6.45) is 0. The summed E-state index contributed by atoms with van der Waals surface area (Å²) in [6, 6.07) is 1.63. The summed E-state index contributed by atoms with van der Waals surface area (Å²) in [5.74, 6) is -0.838. The molecule has 5 heteroatoms. The highest BCUT2D eigenvalue weighted by Crippen LogP contribution is 2.31. The van der Waals surface area contributed by atoms with E-state index in [0.29, 0.717) is 11.1 Å². The molecule has 0 radical (unpaired) electrons. The van der Waals surface area contributed by atoms with Crippen molar-refractivity contribution in [2.45, 2.75) is 13.0 Å². The molecule has 82 valence electrons. The number of nitrogens with two attached hydrogens (primary N) is 1. The van der Waals surface area contributed by atoms with Gasteiger partial charge in [0.15, 0.2) is 0 Å². The molecule has 0 aliphatic rings. The summed E-state index contributed by atoms with van der Waals surface area (Å²) in [7, 11) is 1.40. The molecule has 0 saturated carbocycles. The Morgan fingerprint density at radius 1 is 1.53 bits per heavy atom. The van der Waals surface area contributed by atoms with Gasteiger partial charge in [-0.25, -0.2) is 0 Å². The van der Waals surface area contributed by atoms with Crippen molar-refractivity contribution >= 4 is 5.97 Å². The SMILES string of the molecule is COc1cc(O)cc(C)c1C(N)C(=O)O. The molecule has 1 rings (SSSR count). The first kappa shape index (κ1) is 11.3. The van der Waals surface area contributed by atoms with Crippen LogP contribution < -0.4 is 10.5 Å². The highest BCUT2D eigenvalue weighted by molar-refractivity contribution is 5.77. The monoisotopic (exact) mass is 211 g/mol. The first-order valence-electron chi connectivity index (χ1n) is 4.33. The van der Waals surface area contributed by atoms with Crippen LogP contribution >= 0.6 is 0 Å². The number of phenols is 1. The number of rotatable bonds is 3. The number of methoxy groups -OCH3 is 1. The lowest BCUT2D eigenvalue weighted by Gasteiger charge is -2.15. The topological polar surface area (TPSA) is 92.8 Å². The number of benzene rings is 1. The van der Waals surface area contributed by atoms with Gasteiger partial charge in [0.25, 0.3) is 0 Å². The van der Waals surface area contributed by atoms with Crippen LogP contribution in [0.3, 0.4) is 0 Å². The van der Waals surface area contributed by atoms with E-state index in [2.05, 4.69) is 0 Å². The van der Waals surface area contributed by atoms with Crippen molar-refractivity contribution in [2.24, 2.45) is 5.73 Å². The second kappa shape index (κ2) is 4.18. The van der Waals surface area contributed by atoms with Gasteiger partial charge in [-0.1, -0.05) is 0 Å². The van der Waals surface area contributed by atoms with Crippen molar-refractivity contribution in [1.29, 1.82) is 0 Å². The Bertz CT molecular complexity index is 389. The van der Waals surface area contributed by atoms with Gasteiger partial charge in [-0.2, -0.15) is 0 Å². The van der Waals surface area contributed by atoms with Crippen LogP contribution in [0.1, 0.15) is 17.2 Å². The minimum absolute atomic E-state index is 0.0192. The molecule has 1 atom stereocenters. The van der Waals surface area contributed by atoms with Crippen LogP contribution in [0, 0.1) is 6.92 Å². The molecule has 0 spiro atoms. The first-order chi connectivity index (χ1) is 6.97. The Morgan fingerprint density at radius 3 is 2.60 bits per heavy atom. The van der Waals surface area contributed by atoms with Crippen molar-refractivity contribution in [3.63, 3.8) is 0 Å². The van der Waals surface area contributed by atoms with Gasteiger partial charge in [0.1, 0.15) is 17.5 Å². The maximum Gasteiger partial charge on any atom is 0.325 e. The van der Waals surface area contributed by atoms with Crippen molar-refractivity contribution in [3.05, 3.63) is 23.3 Å². The number of hydrogen-bond acceptors (Lipinski definition) is 4. The number of aliphatic carboxylic acids is 1. The molecule has 0 aromatic heterocycles. The third kappa shape index (κ3) is 2.19. The van der Waals surface area contributed by atoms with E-state index in [1.165, 1.54) is 19.2 Å². The van der Waals surface area contributed by atoms with E-state index in [-0.39, 0.29) is 11.5 Å². The van der Waals surface area contributed by atoms with Gasteiger partial charge in [0.05, 0.1) is 7.11 Å². The number of aromatic hydroxyl groups is 1. The molecule has 1 aromatic carbocycles. The van der Waals surface area contributed by atoms with Crippen molar-refractivity contribution in [2.75, 3.05) is 7.11 Å². The molecule has 0 saturated heterocycles. The molecular formula is C10H13NO4. The molecule has 15 heavy (non-hydrogen) atoms. The van der Waals surface area contributed by atoms with Gasteiger partial charge < -0.3 is 20.7 Å². The first-order valence-corrected chi connectivity index (χ1v) is 4.33. The number of phenolic OH excluding ortho intramolecular Hbond substituents is 1. The Kier molecular flexibility index (Phi) is 3.16. The lowest BCUT2D eigenvalue weighted by atomic mass is 10.0.